The largest absolute Gasteiger partial charge is 0.492 e. The first kappa shape index (κ1) is 21.6. The zero-order valence-electron chi connectivity index (χ0n) is 18.6. The van der Waals surface area contributed by atoms with E-state index in [4.69, 9.17) is 9.15 Å². The molecule has 1 aromatic heterocycles. The fraction of sp³-hybridized carbons (Fsp3) is 0.400. The lowest BCUT2D eigenvalue weighted by Crippen LogP contribution is -2.34. The van der Waals surface area contributed by atoms with Crippen LogP contribution >= 0.6 is 0 Å². The van der Waals surface area contributed by atoms with Crippen LogP contribution in [-0.4, -0.2) is 48.7 Å². The average Bonchev–Trinajstić information content (AvgIpc) is 2.90. The molecule has 1 N–H and O–H groups in total. The quantitative estimate of drug-likeness (QED) is 0.681. The van der Waals surface area contributed by atoms with Gasteiger partial charge in [0.2, 0.25) is 0 Å². The molecule has 1 atom stereocenters. The van der Waals surface area contributed by atoms with E-state index in [0.717, 1.165) is 22.4 Å². The fourth-order valence-electron chi connectivity index (χ4n) is 4.26. The minimum Gasteiger partial charge on any atom is -0.492 e. The van der Waals surface area contributed by atoms with Gasteiger partial charge in [0.1, 0.15) is 17.9 Å². The molecule has 0 radical (unpaired) electrons. The first-order valence-corrected chi connectivity index (χ1v) is 10.6. The van der Waals surface area contributed by atoms with Crippen molar-refractivity contribution in [1.82, 2.24) is 9.80 Å². The molecule has 0 aliphatic carbocycles. The molecule has 6 nitrogen and oxygen atoms in total. The van der Waals surface area contributed by atoms with Gasteiger partial charge in [-0.15, -0.1) is 0 Å². The van der Waals surface area contributed by atoms with Crippen LogP contribution in [0.2, 0.25) is 0 Å². The molecule has 0 amide bonds. The highest BCUT2D eigenvalue weighted by Gasteiger charge is 2.26. The van der Waals surface area contributed by atoms with E-state index >= 15 is 0 Å². The first-order valence-electron chi connectivity index (χ1n) is 10.6. The lowest BCUT2D eigenvalue weighted by atomic mass is 9.93. The predicted molar refractivity (Wildman–Crippen MR) is 121 cm³/mol. The van der Waals surface area contributed by atoms with Crippen molar-refractivity contribution in [2.75, 3.05) is 33.8 Å². The number of fused-ring (bicyclic) bond motifs is 2. The zero-order chi connectivity index (χ0) is 22.2. The summed E-state index contributed by atoms with van der Waals surface area (Å²) in [4.78, 5) is 17.2. The summed E-state index contributed by atoms with van der Waals surface area (Å²) in [5.74, 6) is 0.827. The molecule has 164 valence electrons. The van der Waals surface area contributed by atoms with Crippen molar-refractivity contribution >= 4 is 11.0 Å². The summed E-state index contributed by atoms with van der Waals surface area (Å²) < 4.78 is 11.7. The van der Waals surface area contributed by atoms with Crippen molar-refractivity contribution in [2.24, 2.45) is 0 Å². The maximum Gasteiger partial charge on any atom is 0.197 e. The van der Waals surface area contributed by atoms with Gasteiger partial charge < -0.3 is 19.2 Å². The Labute approximate surface area is 182 Å². The van der Waals surface area contributed by atoms with Gasteiger partial charge in [0.25, 0.3) is 0 Å². The van der Waals surface area contributed by atoms with Crippen molar-refractivity contribution in [3.63, 3.8) is 0 Å². The van der Waals surface area contributed by atoms with Crippen LogP contribution in [0.15, 0.2) is 51.9 Å². The third kappa shape index (κ3) is 4.66. The number of aliphatic hydroxyl groups is 1. The number of ether oxygens (including phenoxy) is 1. The second-order valence-corrected chi connectivity index (χ2v) is 8.98. The second kappa shape index (κ2) is 8.46. The molecule has 0 saturated carbocycles. The van der Waals surface area contributed by atoms with Gasteiger partial charge >= 0.3 is 0 Å². The van der Waals surface area contributed by atoms with E-state index in [-0.39, 0.29) is 5.43 Å². The third-order valence-electron chi connectivity index (χ3n) is 5.76. The van der Waals surface area contributed by atoms with Crippen LogP contribution in [0.3, 0.4) is 0 Å². The Morgan fingerprint density at radius 2 is 2.00 bits per heavy atom. The zero-order valence-corrected chi connectivity index (χ0v) is 18.6. The van der Waals surface area contributed by atoms with E-state index in [1.807, 2.05) is 69.2 Å². The second-order valence-electron chi connectivity index (χ2n) is 8.98. The normalized spacial score (nSPS) is 16.6. The van der Waals surface area contributed by atoms with Crippen molar-refractivity contribution in [1.29, 1.82) is 0 Å². The molecule has 1 aliphatic heterocycles. The molecule has 0 fully saturated rings. The number of hydrogen-bond donors (Lipinski definition) is 1. The highest BCUT2D eigenvalue weighted by atomic mass is 16.5. The number of rotatable bonds is 5. The summed E-state index contributed by atoms with van der Waals surface area (Å²) in [5, 5.41) is 11.6. The fourth-order valence-corrected chi connectivity index (χ4v) is 4.26. The SMILES string of the molecule is Cc1ccc2occ(CN3CCOc4ccc(C(C)(O)CN(C)C)cc4C3)c(=O)c2c1. The van der Waals surface area contributed by atoms with Crippen LogP contribution in [0.25, 0.3) is 11.0 Å². The number of benzene rings is 2. The van der Waals surface area contributed by atoms with Gasteiger partial charge in [-0.05, 0) is 57.8 Å². The summed E-state index contributed by atoms with van der Waals surface area (Å²) in [5.41, 5.74) is 3.19. The molecule has 6 heteroatoms. The monoisotopic (exact) mass is 422 g/mol. The van der Waals surface area contributed by atoms with Gasteiger partial charge in [0.05, 0.1) is 17.3 Å². The number of likely N-dealkylation sites (N-methyl/N-ethyl adjacent to an activating group) is 1. The number of aryl methyl sites for hydroxylation is 1. The Morgan fingerprint density at radius 3 is 2.77 bits per heavy atom. The van der Waals surface area contributed by atoms with E-state index in [9.17, 15) is 9.90 Å². The Bertz CT molecular complexity index is 1150. The van der Waals surface area contributed by atoms with Crippen LogP contribution in [0, 0.1) is 6.92 Å². The standard InChI is InChI=1S/C25H30N2O4/c1-17-5-7-23-21(11-17)24(28)19(15-31-23)14-27-9-10-30-22-8-6-20(12-18(22)13-27)25(2,29)16-26(3)4/h5-8,11-12,15,29H,9-10,13-14,16H2,1-4H3. The summed E-state index contributed by atoms with van der Waals surface area (Å²) in [6, 6.07) is 11.5. The molecule has 0 saturated heterocycles. The van der Waals surface area contributed by atoms with Crippen LogP contribution < -0.4 is 10.2 Å². The Balaban J connectivity index is 1.60. The Morgan fingerprint density at radius 1 is 1.19 bits per heavy atom. The lowest BCUT2D eigenvalue weighted by molar-refractivity contribution is 0.0299. The van der Waals surface area contributed by atoms with Gasteiger partial charge in [-0.25, -0.2) is 0 Å². The lowest BCUT2D eigenvalue weighted by Gasteiger charge is -2.28. The predicted octanol–water partition coefficient (Wildman–Crippen LogP) is 3.27. The minimum atomic E-state index is -0.965. The summed E-state index contributed by atoms with van der Waals surface area (Å²) in [6.07, 6.45) is 1.57. The molecule has 2 aromatic carbocycles. The van der Waals surface area contributed by atoms with E-state index in [2.05, 4.69) is 4.90 Å². The molecule has 4 rings (SSSR count). The third-order valence-corrected chi connectivity index (χ3v) is 5.76. The van der Waals surface area contributed by atoms with Crippen molar-refractivity contribution < 1.29 is 14.3 Å². The summed E-state index contributed by atoms with van der Waals surface area (Å²) in [6.45, 7) is 6.67. The average molecular weight is 423 g/mol. The maximum atomic E-state index is 13.0. The van der Waals surface area contributed by atoms with Crippen LogP contribution in [0.5, 0.6) is 5.75 Å². The van der Waals surface area contributed by atoms with Crippen molar-refractivity contribution in [2.45, 2.75) is 32.5 Å². The highest BCUT2D eigenvalue weighted by Crippen LogP contribution is 2.30. The topological polar surface area (TPSA) is 66.2 Å². The van der Waals surface area contributed by atoms with Crippen molar-refractivity contribution in [3.8, 4) is 5.75 Å². The molecule has 2 heterocycles. The molecule has 3 aromatic rings. The van der Waals surface area contributed by atoms with E-state index < -0.39 is 5.60 Å². The van der Waals surface area contributed by atoms with Crippen LogP contribution in [0.4, 0.5) is 0 Å². The van der Waals surface area contributed by atoms with Gasteiger partial charge in [0.15, 0.2) is 5.43 Å². The molecular formula is C25H30N2O4. The van der Waals surface area contributed by atoms with E-state index in [1.165, 1.54) is 0 Å². The molecule has 1 aliphatic rings. The summed E-state index contributed by atoms with van der Waals surface area (Å²) in [7, 11) is 3.89. The molecule has 0 bridgehead atoms. The number of nitrogens with zero attached hydrogens (tertiary/aromatic N) is 2. The highest BCUT2D eigenvalue weighted by molar-refractivity contribution is 5.77. The molecule has 31 heavy (non-hydrogen) atoms. The summed E-state index contributed by atoms with van der Waals surface area (Å²) >= 11 is 0. The smallest absolute Gasteiger partial charge is 0.197 e. The first-order chi connectivity index (χ1) is 14.7. The minimum absolute atomic E-state index is 0.0120. The Hall–Kier alpha value is -2.67. The van der Waals surface area contributed by atoms with E-state index in [1.54, 1.807) is 6.26 Å². The van der Waals surface area contributed by atoms with Gasteiger partial charge in [0, 0.05) is 37.3 Å². The van der Waals surface area contributed by atoms with Gasteiger partial charge in [-0.3, -0.25) is 9.69 Å². The van der Waals surface area contributed by atoms with Gasteiger partial charge in [-0.1, -0.05) is 17.7 Å². The van der Waals surface area contributed by atoms with Crippen LogP contribution in [0.1, 0.15) is 29.2 Å². The van der Waals surface area contributed by atoms with Crippen molar-refractivity contribution in [3.05, 3.63) is 75.1 Å². The van der Waals surface area contributed by atoms with E-state index in [0.29, 0.717) is 49.3 Å². The molecule has 0 spiro atoms. The van der Waals surface area contributed by atoms with Crippen LogP contribution in [-0.2, 0) is 18.7 Å². The maximum absolute atomic E-state index is 13.0. The molecule has 1 unspecified atom stereocenters. The number of hydrogen-bond acceptors (Lipinski definition) is 6. The Kier molecular flexibility index (Phi) is 5.88. The van der Waals surface area contributed by atoms with Gasteiger partial charge in [-0.2, -0.15) is 0 Å². The molecular weight excluding hydrogens is 392 g/mol.